The van der Waals surface area contributed by atoms with Crippen molar-refractivity contribution in [2.45, 2.75) is 0 Å². The van der Waals surface area contributed by atoms with Crippen LogP contribution < -0.4 is 0 Å². The summed E-state index contributed by atoms with van der Waals surface area (Å²) in [6, 6.07) is 0. The predicted octanol–water partition coefficient (Wildman–Crippen LogP) is 0.951. The van der Waals surface area contributed by atoms with Crippen molar-refractivity contribution in [1.29, 1.82) is 0 Å². The summed E-state index contributed by atoms with van der Waals surface area (Å²) in [4.78, 5) is 13.1. The lowest BCUT2D eigenvalue weighted by Gasteiger charge is -1.81. The molecule has 10 heavy (non-hydrogen) atoms. The van der Waals surface area contributed by atoms with Crippen LogP contribution in [-0.4, -0.2) is 15.9 Å². The third kappa shape index (κ3) is 1.18. The Bertz CT molecular complexity index is 283. The second-order valence-electron chi connectivity index (χ2n) is 1.56. The van der Waals surface area contributed by atoms with Crippen molar-refractivity contribution in [3.8, 4) is 0 Å². The SMILES string of the molecule is C=Cn1cc(N=C=O)cn1. The highest BCUT2D eigenvalue weighted by molar-refractivity contribution is 5.46. The zero-order chi connectivity index (χ0) is 7.40. The van der Waals surface area contributed by atoms with Crippen LogP contribution in [0, 0.1) is 0 Å². The quantitative estimate of drug-likeness (QED) is 0.447. The molecule has 0 atom stereocenters. The van der Waals surface area contributed by atoms with Crippen LogP contribution in [0.25, 0.3) is 6.20 Å². The fourth-order valence-electron chi connectivity index (χ4n) is 0.538. The second-order valence-corrected chi connectivity index (χ2v) is 1.56. The third-order valence-corrected chi connectivity index (χ3v) is 0.950. The molecule has 0 amide bonds. The Kier molecular flexibility index (Phi) is 1.78. The van der Waals surface area contributed by atoms with E-state index in [0.29, 0.717) is 5.69 Å². The van der Waals surface area contributed by atoms with Gasteiger partial charge in [0.2, 0.25) is 6.08 Å². The van der Waals surface area contributed by atoms with E-state index >= 15 is 0 Å². The van der Waals surface area contributed by atoms with E-state index in [-0.39, 0.29) is 0 Å². The smallest absolute Gasteiger partial charge is 0.240 e. The maximum absolute atomic E-state index is 9.72. The van der Waals surface area contributed by atoms with Gasteiger partial charge in [-0.2, -0.15) is 10.1 Å². The summed E-state index contributed by atoms with van der Waals surface area (Å²) >= 11 is 0. The van der Waals surface area contributed by atoms with Crippen molar-refractivity contribution < 1.29 is 4.79 Å². The van der Waals surface area contributed by atoms with E-state index in [1.807, 2.05) is 0 Å². The molecule has 1 rings (SSSR count). The zero-order valence-electron chi connectivity index (χ0n) is 5.19. The summed E-state index contributed by atoms with van der Waals surface area (Å²) in [5.74, 6) is 0. The highest BCUT2D eigenvalue weighted by Gasteiger charge is 1.90. The molecule has 0 unspecified atom stereocenters. The number of aliphatic imine (C=N–C) groups is 1. The minimum atomic E-state index is 0.481. The Morgan fingerprint density at radius 2 is 2.70 bits per heavy atom. The molecule has 4 heteroatoms. The minimum absolute atomic E-state index is 0.481. The summed E-state index contributed by atoms with van der Waals surface area (Å²) in [6.07, 6.45) is 5.93. The van der Waals surface area contributed by atoms with E-state index in [2.05, 4.69) is 16.7 Å². The van der Waals surface area contributed by atoms with Crippen molar-refractivity contribution in [1.82, 2.24) is 9.78 Å². The molecule has 0 N–H and O–H groups in total. The molecule has 0 saturated heterocycles. The van der Waals surface area contributed by atoms with Crippen molar-refractivity contribution in [2.75, 3.05) is 0 Å². The Hall–Kier alpha value is -1.67. The minimum Gasteiger partial charge on any atom is -0.247 e. The Morgan fingerprint density at radius 3 is 3.20 bits per heavy atom. The van der Waals surface area contributed by atoms with E-state index in [1.165, 1.54) is 23.2 Å². The number of isocyanates is 1. The van der Waals surface area contributed by atoms with Gasteiger partial charge in [0.15, 0.2) is 0 Å². The predicted molar refractivity (Wildman–Crippen MR) is 36.4 cm³/mol. The molecule has 1 aromatic heterocycles. The first-order valence-electron chi connectivity index (χ1n) is 2.61. The summed E-state index contributed by atoms with van der Waals surface area (Å²) in [5, 5.41) is 3.78. The number of hydrogen-bond acceptors (Lipinski definition) is 3. The Balaban J connectivity index is 2.98. The molecule has 0 aliphatic heterocycles. The molecule has 0 bridgehead atoms. The van der Waals surface area contributed by atoms with Crippen LogP contribution in [0.5, 0.6) is 0 Å². The standard InChI is InChI=1S/C6H5N3O/c1-2-9-4-6(3-8-9)7-5-10/h2-4H,1H2. The molecule has 0 aliphatic rings. The van der Waals surface area contributed by atoms with Gasteiger partial charge in [-0.3, -0.25) is 0 Å². The zero-order valence-corrected chi connectivity index (χ0v) is 5.19. The molecule has 1 heterocycles. The molecule has 0 fully saturated rings. The van der Waals surface area contributed by atoms with Crippen molar-refractivity contribution in [2.24, 2.45) is 4.99 Å². The number of carbonyl (C=O) groups excluding carboxylic acids is 1. The first-order valence-corrected chi connectivity index (χ1v) is 2.61. The van der Waals surface area contributed by atoms with Crippen molar-refractivity contribution in [3.05, 3.63) is 19.0 Å². The lowest BCUT2D eigenvalue weighted by atomic mass is 10.6. The average Bonchev–Trinajstić information content (AvgIpc) is 2.37. The first-order chi connectivity index (χ1) is 4.86. The number of rotatable bonds is 2. The average molecular weight is 135 g/mol. The van der Waals surface area contributed by atoms with Gasteiger partial charge in [0.25, 0.3) is 0 Å². The summed E-state index contributed by atoms with van der Waals surface area (Å²) in [5.41, 5.74) is 0.481. The van der Waals surface area contributed by atoms with Gasteiger partial charge >= 0.3 is 0 Å². The molecule has 0 aromatic carbocycles. The van der Waals surface area contributed by atoms with Gasteiger partial charge < -0.3 is 0 Å². The maximum atomic E-state index is 9.72. The summed E-state index contributed by atoms with van der Waals surface area (Å²) in [6.45, 7) is 3.46. The highest BCUT2D eigenvalue weighted by Crippen LogP contribution is 2.07. The molecule has 0 radical (unpaired) electrons. The maximum Gasteiger partial charge on any atom is 0.240 e. The van der Waals surface area contributed by atoms with E-state index in [9.17, 15) is 4.79 Å². The third-order valence-electron chi connectivity index (χ3n) is 0.950. The van der Waals surface area contributed by atoms with Gasteiger partial charge in [0.05, 0.1) is 12.4 Å². The molecule has 0 aliphatic carbocycles. The topological polar surface area (TPSA) is 47.2 Å². The van der Waals surface area contributed by atoms with Crippen LogP contribution in [0.15, 0.2) is 24.0 Å². The van der Waals surface area contributed by atoms with E-state index in [1.54, 1.807) is 6.20 Å². The summed E-state index contributed by atoms with van der Waals surface area (Å²) < 4.78 is 1.45. The van der Waals surface area contributed by atoms with Crippen LogP contribution in [0.4, 0.5) is 5.69 Å². The van der Waals surface area contributed by atoms with Crippen LogP contribution in [0.3, 0.4) is 0 Å². The second kappa shape index (κ2) is 2.75. The van der Waals surface area contributed by atoms with Gasteiger partial charge in [-0.05, 0) is 0 Å². The van der Waals surface area contributed by atoms with Crippen LogP contribution in [0.2, 0.25) is 0 Å². The normalized spacial score (nSPS) is 8.40. The van der Waals surface area contributed by atoms with Crippen LogP contribution in [-0.2, 0) is 4.79 Å². The fraction of sp³-hybridized carbons (Fsp3) is 0. The van der Waals surface area contributed by atoms with Gasteiger partial charge in [0.1, 0.15) is 5.69 Å². The first kappa shape index (κ1) is 6.45. The van der Waals surface area contributed by atoms with Gasteiger partial charge in [0, 0.05) is 6.20 Å². The lowest BCUT2D eigenvalue weighted by Crippen LogP contribution is -1.81. The lowest BCUT2D eigenvalue weighted by molar-refractivity contribution is 0.565. The van der Waals surface area contributed by atoms with Crippen molar-refractivity contribution >= 4 is 18.0 Å². The molecule has 1 aromatic rings. The van der Waals surface area contributed by atoms with Crippen LogP contribution in [0.1, 0.15) is 0 Å². The van der Waals surface area contributed by atoms with E-state index < -0.39 is 0 Å². The number of aromatic nitrogens is 2. The number of nitrogens with zero attached hydrogens (tertiary/aromatic N) is 3. The number of hydrogen-bond donors (Lipinski definition) is 0. The molecule has 0 spiro atoms. The largest absolute Gasteiger partial charge is 0.247 e. The summed E-state index contributed by atoms with van der Waals surface area (Å²) in [7, 11) is 0. The highest BCUT2D eigenvalue weighted by atomic mass is 16.1. The van der Waals surface area contributed by atoms with E-state index in [4.69, 9.17) is 0 Å². The van der Waals surface area contributed by atoms with Crippen molar-refractivity contribution in [3.63, 3.8) is 0 Å². The molecule has 0 saturated carbocycles. The molecular formula is C6H5N3O. The van der Waals surface area contributed by atoms with Gasteiger partial charge in [-0.15, -0.1) is 0 Å². The Morgan fingerprint density at radius 1 is 1.90 bits per heavy atom. The molecule has 4 nitrogen and oxygen atoms in total. The van der Waals surface area contributed by atoms with Gasteiger partial charge in [-0.25, -0.2) is 9.48 Å². The fourth-order valence-corrected chi connectivity index (χ4v) is 0.538. The van der Waals surface area contributed by atoms with E-state index in [0.717, 1.165) is 0 Å². The molecular weight excluding hydrogens is 130 g/mol. The van der Waals surface area contributed by atoms with Gasteiger partial charge in [-0.1, -0.05) is 6.58 Å². The Labute approximate surface area is 57.5 Å². The molecule has 50 valence electrons. The van der Waals surface area contributed by atoms with Crippen LogP contribution >= 0.6 is 0 Å². The monoisotopic (exact) mass is 135 g/mol.